The van der Waals surface area contributed by atoms with Crippen LogP contribution in [0.15, 0.2) is 4.52 Å². The van der Waals surface area contributed by atoms with E-state index in [9.17, 15) is 0 Å². The first kappa shape index (κ1) is 13.0. The van der Waals surface area contributed by atoms with E-state index in [4.69, 9.17) is 14.5 Å². The van der Waals surface area contributed by atoms with Crippen LogP contribution in [0.5, 0.6) is 0 Å². The van der Waals surface area contributed by atoms with E-state index < -0.39 is 0 Å². The first-order valence-electron chi connectivity index (χ1n) is 6.58. The van der Waals surface area contributed by atoms with Gasteiger partial charge < -0.3 is 9.26 Å². The Morgan fingerprint density at radius 2 is 2.33 bits per heavy atom. The maximum absolute atomic E-state index is 8.57. The Labute approximate surface area is 107 Å². The van der Waals surface area contributed by atoms with E-state index in [-0.39, 0.29) is 12.0 Å². The van der Waals surface area contributed by atoms with Crippen molar-refractivity contribution < 1.29 is 9.26 Å². The zero-order valence-corrected chi connectivity index (χ0v) is 10.9. The monoisotopic (exact) mass is 249 g/mol. The van der Waals surface area contributed by atoms with E-state index in [2.05, 4.69) is 16.2 Å². The highest BCUT2D eigenvalue weighted by molar-refractivity contribution is 5.00. The quantitative estimate of drug-likeness (QED) is 0.742. The summed E-state index contributed by atoms with van der Waals surface area (Å²) in [6.45, 7) is 4.64. The summed E-state index contributed by atoms with van der Waals surface area (Å²) < 4.78 is 11.0. The molecule has 1 aromatic heterocycles. The molecule has 1 fully saturated rings. The number of nitriles is 1. The molecule has 0 spiro atoms. The van der Waals surface area contributed by atoms with Crippen molar-refractivity contribution in [3.8, 4) is 6.07 Å². The standard InChI is InChI=1S/C13H19N3O2/c1-3-17-11(10-6-7-10)12-15-13(18-16-12)9(2)5-4-8-14/h9-11H,3-7H2,1-2H3. The molecule has 1 saturated carbocycles. The normalized spacial score (nSPS) is 18.3. The SMILES string of the molecule is CCOC(c1noc(C(C)CCC#N)n1)C1CC1. The fourth-order valence-electron chi connectivity index (χ4n) is 1.97. The van der Waals surface area contributed by atoms with Crippen molar-refractivity contribution in [2.45, 2.75) is 51.6 Å². The molecule has 0 N–H and O–H groups in total. The molecule has 1 heterocycles. The Morgan fingerprint density at radius 1 is 1.56 bits per heavy atom. The highest BCUT2D eigenvalue weighted by atomic mass is 16.5. The number of ether oxygens (including phenoxy) is 1. The molecule has 1 aliphatic carbocycles. The van der Waals surface area contributed by atoms with E-state index >= 15 is 0 Å². The fraction of sp³-hybridized carbons (Fsp3) is 0.769. The molecule has 0 radical (unpaired) electrons. The summed E-state index contributed by atoms with van der Waals surface area (Å²) in [5.41, 5.74) is 0. The van der Waals surface area contributed by atoms with Crippen LogP contribution >= 0.6 is 0 Å². The third-order valence-electron chi connectivity index (χ3n) is 3.22. The summed E-state index contributed by atoms with van der Waals surface area (Å²) >= 11 is 0. The predicted octanol–water partition coefficient (Wildman–Crippen LogP) is 2.96. The smallest absolute Gasteiger partial charge is 0.229 e. The third kappa shape index (κ3) is 3.08. The van der Waals surface area contributed by atoms with Gasteiger partial charge >= 0.3 is 0 Å². The van der Waals surface area contributed by atoms with Crippen molar-refractivity contribution in [3.63, 3.8) is 0 Å². The molecule has 5 nitrogen and oxygen atoms in total. The molecule has 1 aliphatic rings. The lowest BCUT2D eigenvalue weighted by Gasteiger charge is -2.11. The molecule has 2 atom stereocenters. The molecule has 2 unspecified atom stereocenters. The fourth-order valence-corrected chi connectivity index (χ4v) is 1.97. The van der Waals surface area contributed by atoms with Crippen LogP contribution in [-0.2, 0) is 4.74 Å². The Bertz CT molecular complexity index is 420. The van der Waals surface area contributed by atoms with Crippen LogP contribution in [0, 0.1) is 17.2 Å². The predicted molar refractivity (Wildman–Crippen MR) is 64.7 cm³/mol. The van der Waals surface area contributed by atoms with Crippen molar-refractivity contribution in [2.24, 2.45) is 5.92 Å². The van der Waals surface area contributed by atoms with Crippen molar-refractivity contribution >= 4 is 0 Å². The molecule has 0 aliphatic heterocycles. The lowest BCUT2D eigenvalue weighted by Crippen LogP contribution is -2.08. The van der Waals surface area contributed by atoms with Gasteiger partial charge in [-0.15, -0.1) is 0 Å². The van der Waals surface area contributed by atoms with E-state index in [1.54, 1.807) is 0 Å². The molecule has 98 valence electrons. The second-order valence-electron chi connectivity index (χ2n) is 4.80. The molecule has 1 aromatic rings. The zero-order valence-electron chi connectivity index (χ0n) is 10.9. The summed E-state index contributed by atoms with van der Waals surface area (Å²) in [6.07, 6.45) is 3.60. The topological polar surface area (TPSA) is 71.9 Å². The molecular weight excluding hydrogens is 230 g/mol. The second kappa shape index (κ2) is 5.96. The second-order valence-corrected chi connectivity index (χ2v) is 4.80. The van der Waals surface area contributed by atoms with Gasteiger partial charge in [-0.05, 0) is 32.1 Å². The largest absolute Gasteiger partial charge is 0.370 e. The van der Waals surface area contributed by atoms with E-state index in [0.29, 0.717) is 30.7 Å². The molecular formula is C13H19N3O2. The van der Waals surface area contributed by atoms with Crippen LogP contribution in [0.4, 0.5) is 0 Å². The maximum Gasteiger partial charge on any atom is 0.229 e. The Morgan fingerprint density at radius 3 is 2.94 bits per heavy atom. The van der Waals surface area contributed by atoms with Crippen LogP contribution in [0.1, 0.15) is 63.3 Å². The van der Waals surface area contributed by atoms with Crippen LogP contribution in [0.2, 0.25) is 0 Å². The Balaban J connectivity index is 2.01. The summed E-state index contributed by atoms with van der Waals surface area (Å²) in [5, 5.41) is 12.6. The lowest BCUT2D eigenvalue weighted by atomic mass is 10.1. The van der Waals surface area contributed by atoms with Gasteiger partial charge in [-0.1, -0.05) is 12.1 Å². The van der Waals surface area contributed by atoms with Gasteiger partial charge in [-0.2, -0.15) is 10.2 Å². The number of rotatable bonds is 7. The van der Waals surface area contributed by atoms with Crippen molar-refractivity contribution in [3.05, 3.63) is 11.7 Å². The molecule has 0 saturated heterocycles. The van der Waals surface area contributed by atoms with Gasteiger partial charge in [0.15, 0.2) is 0 Å². The van der Waals surface area contributed by atoms with Crippen molar-refractivity contribution in [1.82, 2.24) is 10.1 Å². The minimum atomic E-state index is -0.0179. The summed E-state index contributed by atoms with van der Waals surface area (Å²) in [6, 6.07) is 2.13. The molecule has 5 heteroatoms. The van der Waals surface area contributed by atoms with Gasteiger partial charge in [-0.3, -0.25) is 0 Å². The number of nitrogens with zero attached hydrogens (tertiary/aromatic N) is 3. The van der Waals surface area contributed by atoms with Crippen LogP contribution in [0.25, 0.3) is 0 Å². The van der Waals surface area contributed by atoms with Gasteiger partial charge in [0.1, 0.15) is 6.10 Å². The molecule has 18 heavy (non-hydrogen) atoms. The molecule has 0 bridgehead atoms. The number of aromatic nitrogens is 2. The van der Waals surface area contributed by atoms with Crippen LogP contribution < -0.4 is 0 Å². The van der Waals surface area contributed by atoms with Gasteiger partial charge in [0.05, 0.1) is 6.07 Å². The summed E-state index contributed by atoms with van der Waals surface area (Å²) in [7, 11) is 0. The zero-order chi connectivity index (χ0) is 13.0. The number of hydrogen-bond donors (Lipinski definition) is 0. The Hall–Kier alpha value is -1.41. The maximum atomic E-state index is 8.57. The summed E-state index contributed by atoms with van der Waals surface area (Å²) in [4.78, 5) is 4.43. The summed E-state index contributed by atoms with van der Waals surface area (Å²) in [5.74, 6) is 1.96. The van der Waals surface area contributed by atoms with Gasteiger partial charge in [0.2, 0.25) is 11.7 Å². The first-order chi connectivity index (χ1) is 8.76. The first-order valence-corrected chi connectivity index (χ1v) is 6.58. The van der Waals surface area contributed by atoms with E-state index in [0.717, 1.165) is 6.42 Å². The van der Waals surface area contributed by atoms with Gasteiger partial charge in [0.25, 0.3) is 0 Å². The van der Waals surface area contributed by atoms with E-state index in [1.165, 1.54) is 12.8 Å². The highest BCUT2D eigenvalue weighted by Gasteiger charge is 2.36. The van der Waals surface area contributed by atoms with Gasteiger partial charge in [-0.25, -0.2) is 0 Å². The minimum absolute atomic E-state index is 0.0179. The molecule has 0 aromatic carbocycles. The van der Waals surface area contributed by atoms with E-state index in [1.807, 2.05) is 13.8 Å². The third-order valence-corrected chi connectivity index (χ3v) is 3.22. The average molecular weight is 249 g/mol. The van der Waals surface area contributed by atoms with Crippen LogP contribution in [-0.4, -0.2) is 16.7 Å². The highest BCUT2D eigenvalue weighted by Crippen LogP contribution is 2.42. The molecule has 2 rings (SSSR count). The van der Waals surface area contributed by atoms with Crippen LogP contribution in [0.3, 0.4) is 0 Å². The van der Waals surface area contributed by atoms with Gasteiger partial charge in [0, 0.05) is 18.9 Å². The van der Waals surface area contributed by atoms with Crippen molar-refractivity contribution in [2.75, 3.05) is 6.61 Å². The lowest BCUT2D eigenvalue weighted by molar-refractivity contribution is 0.0384. The average Bonchev–Trinajstić information content (AvgIpc) is 3.09. The number of hydrogen-bond acceptors (Lipinski definition) is 5. The Kier molecular flexibility index (Phi) is 4.32. The minimum Gasteiger partial charge on any atom is -0.370 e. The van der Waals surface area contributed by atoms with Crippen molar-refractivity contribution in [1.29, 1.82) is 5.26 Å². The molecule has 0 amide bonds.